The van der Waals surface area contributed by atoms with E-state index in [9.17, 15) is 4.79 Å². The zero-order valence-corrected chi connectivity index (χ0v) is 15.9. The Balaban J connectivity index is 1.58. The smallest absolute Gasteiger partial charge is 0.412 e. The Hall–Kier alpha value is -2.99. The molecule has 1 amide bonds. The van der Waals surface area contributed by atoms with Crippen LogP contribution in [0.2, 0.25) is 5.02 Å². The van der Waals surface area contributed by atoms with Crippen LogP contribution in [0.5, 0.6) is 11.5 Å². The van der Waals surface area contributed by atoms with Crippen molar-refractivity contribution < 1.29 is 14.3 Å². The van der Waals surface area contributed by atoms with E-state index >= 15 is 0 Å². The highest BCUT2D eigenvalue weighted by atomic mass is 35.5. The lowest BCUT2D eigenvalue weighted by atomic mass is 10.1. The average molecular weight is 386 g/mol. The summed E-state index contributed by atoms with van der Waals surface area (Å²) in [6, 6.07) is 15.0. The molecule has 1 heterocycles. The molecule has 1 N–H and O–H groups in total. The van der Waals surface area contributed by atoms with Crippen LogP contribution in [0.4, 0.5) is 4.79 Å². The summed E-state index contributed by atoms with van der Waals surface area (Å²) in [5.41, 5.74) is 2.55. The van der Waals surface area contributed by atoms with Crippen LogP contribution >= 0.6 is 11.6 Å². The summed E-state index contributed by atoms with van der Waals surface area (Å²) in [6.45, 7) is 2.26. The first-order valence-electron chi connectivity index (χ1n) is 8.46. The first kappa shape index (κ1) is 18.8. The van der Waals surface area contributed by atoms with Crippen LogP contribution < -0.4 is 14.8 Å². The predicted octanol–water partition coefficient (Wildman–Crippen LogP) is 4.17. The van der Waals surface area contributed by atoms with Crippen LogP contribution in [0.1, 0.15) is 11.3 Å². The number of carbonyl (C=O) groups excluding carboxylic acids is 1. The molecule has 0 atom stereocenters. The van der Waals surface area contributed by atoms with Gasteiger partial charge < -0.3 is 14.8 Å². The molecule has 3 aromatic rings. The van der Waals surface area contributed by atoms with Gasteiger partial charge in [0, 0.05) is 11.6 Å². The van der Waals surface area contributed by atoms with E-state index in [2.05, 4.69) is 10.4 Å². The molecule has 3 rings (SSSR count). The number of aromatic nitrogens is 2. The van der Waals surface area contributed by atoms with Gasteiger partial charge in [0.05, 0.1) is 24.7 Å². The molecule has 0 unspecified atom stereocenters. The lowest BCUT2D eigenvalue weighted by molar-refractivity contribution is 0.200. The zero-order valence-electron chi connectivity index (χ0n) is 15.1. The summed E-state index contributed by atoms with van der Waals surface area (Å²) in [5, 5.41) is 7.70. The number of ether oxygens (including phenoxy) is 2. The summed E-state index contributed by atoms with van der Waals surface area (Å²) < 4.78 is 12.2. The van der Waals surface area contributed by atoms with E-state index in [0.29, 0.717) is 23.7 Å². The Kier molecular flexibility index (Phi) is 5.98. The molecule has 2 aromatic carbocycles. The lowest BCUT2D eigenvalue weighted by Gasteiger charge is -2.08. The normalized spacial score (nSPS) is 10.5. The number of carbonyl (C=O) groups is 1. The predicted molar refractivity (Wildman–Crippen MR) is 104 cm³/mol. The maximum Gasteiger partial charge on any atom is 0.412 e. The molecule has 0 bridgehead atoms. The summed E-state index contributed by atoms with van der Waals surface area (Å²) >= 11 is 6.11. The van der Waals surface area contributed by atoms with E-state index in [-0.39, 0.29) is 0 Å². The fourth-order valence-corrected chi connectivity index (χ4v) is 2.85. The van der Waals surface area contributed by atoms with Crippen molar-refractivity contribution in [2.45, 2.75) is 13.3 Å². The third-order valence-electron chi connectivity index (χ3n) is 4.11. The third kappa shape index (κ3) is 4.60. The van der Waals surface area contributed by atoms with E-state index in [1.807, 2.05) is 55.5 Å². The number of halogens is 1. The fourth-order valence-electron chi connectivity index (χ4n) is 2.61. The van der Waals surface area contributed by atoms with Gasteiger partial charge in [-0.1, -0.05) is 29.8 Å². The third-order valence-corrected chi connectivity index (χ3v) is 4.47. The number of hydrogen-bond acceptors (Lipinski definition) is 4. The Bertz CT molecular complexity index is 922. The number of nitrogens with zero attached hydrogens (tertiary/aromatic N) is 2. The fraction of sp³-hybridized carbons (Fsp3) is 0.200. The summed E-state index contributed by atoms with van der Waals surface area (Å²) in [7, 11) is 1.62. The second kappa shape index (κ2) is 8.60. The molecule has 0 radical (unpaired) electrons. The Morgan fingerprint density at radius 3 is 2.63 bits per heavy atom. The van der Waals surface area contributed by atoms with E-state index < -0.39 is 6.09 Å². The Morgan fingerprint density at radius 2 is 1.93 bits per heavy atom. The van der Waals surface area contributed by atoms with Crippen LogP contribution in [-0.2, 0) is 6.42 Å². The van der Waals surface area contributed by atoms with E-state index in [1.165, 1.54) is 6.20 Å². The highest BCUT2D eigenvalue weighted by Crippen LogP contribution is 2.22. The Morgan fingerprint density at radius 1 is 1.19 bits per heavy atom. The number of methoxy groups -OCH3 is 1. The van der Waals surface area contributed by atoms with E-state index in [0.717, 1.165) is 22.7 Å². The second-order valence-corrected chi connectivity index (χ2v) is 6.27. The van der Waals surface area contributed by atoms with Gasteiger partial charge in [0.2, 0.25) is 0 Å². The van der Waals surface area contributed by atoms with Gasteiger partial charge in [0.25, 0.3) is 0 Å². The first-order chi connectivity index (χ1) is 13.1. The molecule has 140 valence electrons. The minimum absolute atomic E-state index is 0.404. The summed E-state index contributed by atoms with van der Waals surface area (Å²) in [6.07, 6.45) is 1.62. The molecule has 7 heteroatoms. The maximum atomic E-state index is 12.0. The van der Waals surface area contributed by atoms with E-state index in [4.69, 9.17) is 21.1 Å². The molecular formula is C20H20ClN3O3. The van der Waals surface area contributed by atoms with Crippen molar-refractivity contribution in [1.82, 2.24) is 15.1 Å². The van der Waals surface area contributed by atoms with Gasteiger partial charge in [-0.05, 0) is 49.2 Å². The molecule has 0 saturated carbocycles. The number of rotatable bonds is 6. The van der Waals surface area contributed by atoms with Gasteiger partial charge in [-0.15, -0.1) is 0 Å². The average Bonchev–Trinajstić information content (AvgIpc) is 3.04. The molecular weight excluding hydrogens is 366 g/mol. The van der Waals surface area contributed by atoms with Crippen LogP contribution in [0.25, 0.3) is 5.69 Å². The molecule has 0 aliphatic carbocycles. The van der Waals surface area contributed by atoms with Crippen molar-refractivity contribution in [2.75, 3.05) is 13.7 Å². The Labute approximate surface area is 162 Å². The lowest BCUT2D eigenvalue weighted by Crippen LogP contribution is -2.28. The van der Waals surface area contributed by atoms with Crippen molar-refractivity contribution in [3.05, 3.63) is 71.0 Å². The molecule has 0 aliphatic heterocycles. The minimum Gasteiger partial charge on any atom is -0.497 e. The van der Waals surface area contributed by atoms with Gasteiger partial charge >= 0.3 is 6.09 Å². The molecule has 0 saturated heterocycles. The van der Waals surface area contributed by atoms with Crippen molar-refractivity contribution in [2.24, 2.45) is 0 Å². The topological polar surface area (TPSA) is 65.4 Å². The molecule has 0 aliphatic rings. The molecule has 0 spiro atoms. The number of amides is 1. The molecule has 6 nitrogen and oxygen atoms in total. The van der Waals surface area contributed by atoms with Crippen molar-refractivity contribution in [3.63, 3.8) is 0 Å². The van der Waals surface area contributed by atoms with Gasteiger partial charge in [0.15, 0.2) is 5.75 Å². The molecule has 27 heavy (non-hydrogen) atoms. The van der Waals surface area contributed by atoms with Crippen LogP contribution in [-0.4, -0.2) is 29.5 Å². The number of benzene rings is 2. The van der Waals surface area contributed by atoms with Crippen molar-refractivity contribution >= 4 is 17.7 Å². The monoisotopic (exact) mass is 385 g/mol. The zero-order chi connectivity index (χ0) is 19.2. The van der Waals surface area contributed by atoms with Gasteiger partial charge in [-0.3, -0.25) is 0 Å². The van der Waals surface area contributed by atoms with Gasteiger partial charge in [0.1, 0.15) is 5.75 Å². The maximum absolute atomic E-state index is 12.0. The standard InChI is InChI=1S/C20H20ClN3O3/c1-14-19(13-23-24(14)16-7-9-17(26-2)10-8-16)27-20(25)22-12-11-15-5-3-4-6-18(15)21/h3-10,13H,11-12H2,1-2H3,(H,22,25). The number of hydrogen-bond donors (Lipinski definition) is 1. The van der Waals surface area contributed by atoms with Crippen LogP contribution in [0, 0.1) is 6.92 Å². The number of nitrogens with one attached hydrogen (secondary N) is 1. The molecule has 1 aromatic heterocycles. The molecule has 0 fully saturated rings. The highest BCUT2D eigenvalue weighted by Gasteiger charge is 2.13. The van der Waals surface area contributed by atoms with E-state index in [1.54, 1.807) is 11.8 Å². The minimum atomic E-state index is -0.528. The van der Waals surface area contributed by atoms with Gasteiger partial charge in [-0.2, -0.15) is 5.10 Å². The largest absolute Gasteiger partial charge is 0.497 e. The van der Waals surface area contributed by atoms with Crippen LogP contribution in [0.15, 0.2) is 54.7 Å². The second-order valence-electron chi connectivity index (χ2n) is 5.86. The first-order valence-corrected chi connectivity index (χ1v) is 8.84. The van der Waals surface area contributed by atoms with Gasteiger partial charge in [-0.25, -0.2) is 9.48 Å². The van der Waals surface area contributed by atoms with Crippen molar-refractivity contribution in [3.8, 4) is 17.2 Å². The van der Waals surface area contributed by atoms with Crippen molar-refractivity contribution in [1.29, 1.82) is 0 Å². The SMILES string of the molecule is COc1ccc(-n2ncc(OC(=O)NCCc3ccccc3Cl)c2C)cc1. The summed E-state index contributed by atoms with van der Waals surface area (Å²) in [4.78, 5) is 12.0. The summed E-state index contributed by atoms with van der Waals surface area (Å²) in [5.74, 6) is 1.17. The van der Waals surface area contributed by atoms with Crippen LogP contribution in [0.3, 0.4) is 0 Å². The highest BCUT2D eigenvalue weighted by molar-refractivity contribution is 6.31. The quantitative estimate of drug-likeness (QED) is 0.691.